The molecule has 154 valence electrons. The van der Waals surface area contributed by atoms with Gasteiger partial charge in [-0.2, -0.15) is 0 Å². The molecule has 0 aliphatic carbocycles. The Hall–Kier alpha value is -3.70. The molecule has 0 radical (unpaired) electrons. The van der Waals surface area contributed by atoms with E-state index in [9.17, 15) is 9.18 Å². The molecule has 1 heterocycles. The molecule has 1 aromatic heterocycles. The number of benzene rings is 3. The van der Waals surface area contributed by atoms with Gasteiger partial charge >= 0.3 is 0 Å². The molecular formula is C25H18ClFN2O2. The van der Waals surface area contributed by atoms with Crippen LogP contribution in [-0.4, -0.2) is 10.9 Å². The highest BCUT2D eigenvalue weighted by atomic mass is 35.5. The van der Waals surface area contributed by atoms with Crippen LogP contribution in [0.4, 0.5) is 10.1 Å². The lowest BCUT2D eigenvalue weighted by molar-refractivity contribution is 0.102. The van der Waals surface area contributed by atoms with Crippen LogP contribution in [0.1, 0.15) is 27.6 Å². The third-order valence-corrected chi connectivity index (χ3v) is 4.94. The molecule has 4 rings (SSSR count). The molecule has 4 nitrogen and oxygen atoms in total. The van der Waals surface area contributed by atoms with Crippen molar-refractivity contribution in [3.63, 3.8) is 0 Å². The minimum Gasteiger partial charge on any atom is -0.465 e. The van der Waals surface area contributed by atoms with Crippen LogP contribution in [0.25, 0.3) is 0 Å². The Morgan fingerprint density at radius 3 is 2.06 bits per heavy atom. The predicted octanol–water partition coefficient (Wildman–Crippen LogP) is 6.29. The number of rotatable bonds is 6. The lowest BCUT2D eigenvalue weighted by Gasteiger charge is -2.19. The lowest BCUT2D eigenvalue weighted by Crippen LogP contribution is -2.15. The minimum atomic E-state index is -0.688. The lowest BCUT2D eigenvalue weighted by atomic mass is 10.0. The van der Waals surface area contributed by atoms with Gasteiger partial charge in [-0.25, -0.2) is 9.37 Å². The van der Waals surface area contributed by atoms with Gasteiger partial charge in [0.05, 0.1) is 22.5 Å². The second-order valence-corrected chi connectivity index (χ2v) is 7.16. The summed E-state index contributed by atoms with van der Waals surface area (Å²) < 4.78 is 20.1. The zero-order valence-electron chi connectivity index (χ0n) is 16.3. The summed E-state index contributed by atoms with van der Waals surface area (Å²) in [6.07, 6.45) is 1.11. The van der Waals surface area contributed by atoms with Crippen molar-refractivity contribution >= 4 is 23.2 Å². The van der Waals surface area contributed by atoms with Crippen LogP contribution in [0.2, 0.25) is 5.02 Å². The average molecular weight is 433 g/mol. The molecule has 0 atom stereocenters. The van der Waals surface area contributed by atoms with Gasteiger partial charge in [0, 0.05) is 6.07 Å². The zero-order chi connectivity index (χ0) is 21.6. The van der Waals surface area contributed by atoms with E-state index in [0.717, 1.165) is 11.1 Å². The molecule has 0 fully saturated rings. The van der Waals surface area contributed by atoms with E-state index in [0.29, 0.717) is 11.6 Å². The molecule has 0 bridgehead atoms. The van der Waals surface area contributed by atoms with Gasteiger partial charge in [0.25, 0.3) is 5.91 Å². The second-order valence-electron chi connectivity index (χ2n) is 6.76. The van der Waals surface area contributed by atoms with Gasteiger partial charge < -0.3 is 10.1 Å². The van der Waals surface area contributed by atoms with Crippen molar-refractivity contribution in [2.24, 2.45) is 0 Å². The Balaban J connectivity index is 1.52. The molecule has 0 saturated carbocycles. The quantitative estimate of drug-likeness (QED) is 0.389. The first-order valence-corrected chi connectivity index (χ1v) is 9.97. The summed E-state index contributed by atoms with van der Waals surface area (Å²) in [5, 5.41) is 2.64. The predicted molar refractivity (Wildman–Crippen MR) is 119 cm³/mol. The second kappa shape index (κ2) is 9.41. The molecule has 0 aliphatic rings. The highest BCUT2D eigenvalue weighted by molar-refractivity contribution is 6.34. The topological polar surface area (TPSA) is 51.2 Å². The van der Waals surface area contributed by atoms with Gasteiger partial charge in [-0.15, -0.1) is 0 Å². The fourth-order valence-corrected chi connectivity index (χ4v) is 3.39. The van der Waals surface area contributed by atoms with Crippen molar-refractivity contribution in [1.82, 2.24) is 4.98 Å². The van der Waals surface area contributed by atoms with Crippen molar-refractivity contribution in [1.29, 1.82) is 0 Å². The summed E-state index contributed by atoms with van der Waals surface area (Å²) in [5.74, 6) is -0.948. The van der Waals surface area contributed by atoms with E-state index >= 15 is 0 Å². The summed E-state index contributed by atoms with van der Waals surface area (Å²) in [7, 11) is 0. The molecule has 1 amide bonds. The first kappa shape index (κ1) is 20.6. The van der Waals surface area contributed by atoms with Gasteiger partial charge in [0.1, 0.15) is 5.82 Å². The van der Waals surface area contributed by atoms with Crippen LogP contribution in [0.5, 0.6) is 5.88 Å². The largest absolute Gasteiger partial charge is 0.465 e. The van der Waals surface area contributed by atoms with Crippen LogP contribution in [0, 0.1) is 5.82 Å². The molecule has 0 spiro atoms. The maximum Gasteiger partial charge on any atom is 0.260 e. The highest BCUT2D eigenvalue weighted by Gasteiger charge is 2.18. The highest BCUT2D eigenvalue weighted by Crippen LogP contribution is 2.28. The Morgan fingerprint density at radius 2 is 1.52 bits per heavy atom. The van der Waals surface area contributed by atoms with Gasteiger partial charge in [-0.05, 0) is 29.3 Å². The van der Waals surface area contributed by atoms with E-state index in [1.165, 1.54) is 24.4 Å². The van der Waals surface area contributed by atoms with Gasteiger partial charge in [-0.3, -0.25) is 4.79 Å². The number of halogens is 2. The molecule has 4 aromatic rings. The third kappa shape index (κ3) is 4.90. The summed E-state index contributed by atoms with van der Waals surface area (Å²) in [4.78, 5) is 16.7. The van der Waals surface area contributed by atoms with Crippen LogP contribution in [0.3, 0.4) is 0 Å². The summed E-state index contributed by atoms with van der Waals surface area (Å²) in [5.41, 5.74) is 2.16. The molecule has 1 N–H and O–H groups in total. The van der Waals surface area contributed by atoms with Crippen molar-refractivity contribution < 1.29 is 13.9 Å². The van der Waals surface area contributed by atoms with Crippen LogP contribution in [0.15, 0.2) is 97.2 Å². The molecule has 0 unspecified atom stereocenters. The molecule has 31 heavy (non-hydrogen) atoms. The summed E-state index contributed by atoms with van der Waals surface area (Å²) in [6.45, 7) is 0. The number of ether oxygens (including phenoxy) is 1. The third-order valence-electron chi connectivity index (χ3n) is 4.63. The molecule has 3 aromatic carbocycles. The van der Waals surface area contributed by atoms with Gasteiger partial charge in [-0.1, -0.05) is 78.3 Å². The van der Waals surface area contributed by atoms with Crippen molar-refractivity contribution in [2.75, 3.05) is 5.32 Å². The monoisotopic (exact) mass is 432 g/mol. The first-order chi connectivity index (χ1) is 15.1. The van der Waals surface area contributed by atoms with E-state index in [2.05, 4.69) is 10.3 Å². The fourth-order valence-electron chi connectivity index (χ4n) is 3.14. The Labute approximate surface area is 184 Å². The molecule has 0 saturated heterocycles. The minimum absolute atomic E-state index is 0.0407. The van der Waals surface area contributed by atoms with Crippen LogP contribution < -0.4 is 10.1 Å². The molecule has 6 heteroatoms. The number of hydrogen-bond acceptors (Lipinski definition) is 3. The standard InChI is InChI=1S/C25H18ClFN2O2/c26-20-12-7-13-21(27)23(20)25(30)29-19-14-15-22(28-16-19)31-24(17-8-3-1-4-9-17)18-10-5-2-6-11-18/h1-16,24H,(H,29,30). The summed E-state index contributed by atoms with van der Waals surface area (Å²) in [6, 6.07) is 27.0. The van der Waals surface area contributed by atoms with Crippen LogP contribution in [-0.2, 0) is 0 Å². The Morgan fingerprint density at radius 1 is 0.871 bits per heavy atom. The average Bonchev–Trinajstić information content (AvgIpc) is 2.79. The van der Waals surface area contributed by atoms with Gasteiger partial charge in [0.2, 0.25) is 5.88 Å². The number of carbonyl (C=O) groups excluding carboxylic acids is 1. The smallest absolute Gasteiger partial charge is 0.260 e. The fraction of sp³-hybridized carbons (Fsp3) is 0.0400. The number of nitrogens with one attached hydrogen (secondary N) is 1. The number of pyridine rings is 1. The number of carbonyl (C=O) groups is 1. The van der Waals surface area contributed by atoms with Crippen molar-refractivity contribution in [3.8, 4) is 5.88 Å². The molecule has 0 aliphatic heterocycles. The molecular weight excluding hydrogens is 415 g/mol. The normalized spacial score (nSPS) is 10.7. The van der Waals surface area contributed by atoms with E-state index in [-0.39, 0.29) is 16.7 Å². The van der Waals surface area contributed by atoms with Crippen LogP contribution >= 0.6 is 11.6 Å². The Kier molecular flexibility index (Phi) is 6.24. The van der Waals surface area contributed by atoms with E-state index < -0.39 is 11.7 Å². The summed E-state index contributed by atoms with van der Waals surface area (Å²) >= 11 is 5.95. The Bertz CT molecular complexity index is 1110. The maximum absolute atomic E-state index is 14.0. The van der Waals surface area contributed by atoms with Gasteiger partial charge in [0.15, 0.2) is 6.10 Å². The van der Waals surface area contributed by atoms with Crippen molar-refractivity contribution in [3.05, 3.63) is 125 Å². The number of nitrogens with zero attached hydrogens (tertiary/aromatic N) is 1. The number of hydrogen-bond donors (Lipinski definition) is 1. The number of anilines is 1. The zero-order valence-corrected chi connectivity index (χ0v) is 17.1. The van der Waals surface area contributed by atoms with E-state index in [1.807, 2.05) is 60.7 Å². The maximum atomic E-state index is 14.0. The first-order valence-electron chi connectivity index (χ1n) is 9.60. The van der Waals surface area contributed by atoms with E-state index in [1.54, 1.807) is 12.1 Å². The number of aromatic nitrogens is 1. The SMILES string of the molecule is O=C(Nc1ccc(OC(c2ccccc2)c2ccccc2)nc1)c1c(F)cccc1Cl. The van der Waals surface area contributed by atoms with Crippen molar-refractivity contribution in [2.45, 2.75) is 6.10 Å². The number of amides is 1. The van der Waals surface area contributed by atoms with E-state index in [4.69, 9.17) is 16.3 Å².